The van der Waals surface area contributed by atoms with Gasteiger partial charge in [0.1, 0.15) is 18.3 Å². The Labute approximate surface area is 263 Å². The van der Waals surface area contributed by atoms with E-state index in [4.69, 9.17) is 19.9 Å². The zero-order chi connectivity index (χ0) is 33.7. The Morgan fingerprint density at radius 3 is 2.20 bits per heavy atom. The van der Waals surface area contributed by atoms with Crippen LogP contribution in [0.1, 0.15) is 75.2 Å². The number of rotatable bonds is 17. The molecule has 0 fully saturated rings. The molecular formula is C35H55NO8. The number of nitrogens with two attached hydrogens (primary N) is 1. The van der Waals surface area contributed by atoms with E-state index in [1.807, 2.05) is 72.8 Å². The number of cyclic esters (lactones) is 1. The summed E-state index contributed by atoms with van der Waals surface area (Å²) in [5.41, 5.74) is 6.90. The molecule has 0 aromatic rings. The number of aliphatic hydroxyl groups is 2. The van der Waals surface area contributed by atoms with Crippen LogP contribution in [0.5, 0.6) is 0 Å². The molecule has 4 N–H and O–H groups in total. The van der Waals surface area contributed by atoms with Crippen LogP contribution in [0.3, 0.4) is 0 Å². The predicted octanol–water partition coefficient (Wildman–Crippen LogP) is 5.82. The number of ether oxygens (including phenoxy) is 3. The van der Waals surface area contributed by atoms with Gasteiger partial charge >= 0.3 is 18.0 Å². The quantitative estimate of drug-likeness (QED) is 0.0802. The summed E-state index contributed by atoms with van der Waals surface area (Å²) < 4.78 is 16.5. The molecule has 0 saturated carbocycles. The van der Waals surface area contributed by atoms with Gasteiger partial charge in [0.2, 0.25) is 0 Å². The van der Waals surface area contributed by atoms with Gasteiger partial charge < -0.3 is 30.2 Å². The van der Waals surface area contributed by atoms with E-state index in [1.54, 1.807) is 25.2 Å². The van der Waals surface area contributed by atoms with Crippen LogP contribution in [0, 0.1) is 35.5 Å². The Morgan fingerprint density at radius 1 is 1.02 bits per heavy atom. The van der Waals surface area contributed by atoms with Gasteiger partial charge in [-0.15, -0.1) is 0 Å². The van der Waals surface area contributed by atoms with E-state index in [0.29, 0.717) is 12.0 Å². The SMILES string of the molecule is C=C/C=C\[C@H](C)[C@H](OC(N)=O)[C@@H](C)[C@H](O)[C@@H](C)C/C(C)=C\[C@H](C)[C@@H](OC(C)=O)[C@@H](C)/C=C\[C@@H](O)C[C@@H]1OC(=O)C(C)=C[C@H]1C. The molecule has 1 aliphatic rings. The third kappa shape index (κ3) is 12.8. The summed E-state index contributed by atoms with van der Waals surface area (Å²) in [7, 11) is 0. The number of carbonyl (C=O) groups is 3. The lowest BCUT2D eigenvalue weighted by Gasteiger charge is -2.33. The average molecular weight is 618 g/mol. The number of carbonyl (C=O) groups excluding carboxylic acids is 3. The molecule has 0 unspecified atom stereocenters. The van der Waals surface area contributed by atoms with Crippen LogP contribution in [0.2, 0.25) is 0 Å². The summed E-state index contributed by atoms with van der Waals surface area (Å²) in [6.07, 6.45) is 9.42. The van der Waals surface area contributed by atoms with Crippen molar-refractivity contribution < 1.29 is 38.8 Å². The van der Waals surface area contributed by atoms with Gasteiger partial charge in [-0.25, -0.2) is 9.59 Å². The first kappa shape index (κ1) is 38.9. The Kier molecular flexibility index (Phi) is 16.4. The summed E-state index contributed by atoms with van der Waals surface area (Å²) in [4.78, 5) is 35.5. The third-order valence-electron chi connectivity index (χ3n) is 8.28. The van der Waals surface area contributed by atoms with Gasteiger partial charge in [0, 0.05) is 48.5 Å². The first-order chi connectivity index (χ1) is 20.5. The summed E-state index contributed by atoms with van der Waals surface area (Å²) in [6.45, 7) is 20.2. The van der Waals surface area contributed by atoms with E-state index in [9.17, 15) is 24.6 Å². The Bertz CT molecular complexity index is 1090. The van der Waals surface area contributed by atoms with Crippen molar-refractivity contribution in [1.82, 2.24) is 0 Å². The summed E-state index contributed by atoms with van der Waals surface area (Å²) in [5, 5.41) is 21.8. The fourth-order valence-corrected chi connectivity index (χ4v) is 5.93. The molecule has 1 rings (SSSR count). The lowest BCUT2D eigenvalue weighted by Crippen LogP contribution is -2.41. The van der Waals surface area contributed by atoms with Crippen LogP contribution in [-0.2, 0) is 23.8 Å². The topological polar surface area (TPSA) is 145 Å². The van der Waals surface area contributed by atoms with Gasteiger partial charge in [-0.05, 0) is 26.2 Å². The standard InChI is InChI=1S/C35H55NO8/c1-11-12-13-21(3)33(44-35(36)41)27(9)31(39)24(6)16-20(2)17-25(7)32(42-28(10)37)22(4)14-15-29(38)19-30-23(5)18-26(8)34(40)43-30/h11-15,17-18,21-25,27,29-33,38-39H,1,16,19H2,2-10H3,(H2,36,41)/b13-12-,15-14-,20-17-/t21-,22-,23+,24-,25-,27-,29+,30-,31+,32-,33-/m0/s1. The van der Waals surface area contributed by atoms with E-state index in [-0.39, 0.29) is 42.0 Å². The molecule has 44 heavy (non-hydrogen) atoms. The van der Waals surface area contributed by atoms with Crippen molar-refractivity contribution in [2.45, 2.75) is 106 Å². The maximum Gasteiger partial charge on any atom is 0.404 e. The Morgan fingerprint density at radius 2 is 1.64 bits per heavy atom. The highest BCUT2D eigenvalue weighted by Gasteiger charge is 2.34. The van der Waals surface area contributed by atoms with Gasteiger partial charge in [0.05, 0.1) is 12.2 Å². The first-order valence-electron chi connectivity index (χ1n) is 15.5. The van der Waals surface area contributed by atoms with Gasteiger partial charge in [-0.2, -0.15) is 0 Å². The largest absolute Gasteiger partial charge is 0.461 e. The van der Waals surface area contributed by atoms with Gasteiger partial charge in [0.15, 0.2) is 0 Å². The highest BCUT2D eigenvalue weighted by atomic mass is 16.6. The first-order valence-corrected chi connectivity index (χ1v) is 15.5. The minimum atomic E-state index is -0.892. The summed E-state index contributed by atoms with van der Waals surface area (Å²) in [6, 6.07) is 0. The molecule has 0 aromatic heterocycles. The molecule has 11 atom stereocenters. The molecule has 1 amide bonds. The van der Waals surface area contributed by atoms with E-state index in [1.165, 1.54) is 6.92 Å². The van der Waals surface area contributed by atoms with Gasteiger partial charge in [0.25, 0.3) is 0 Å². The molecule has 0 aromatic carbocycles. The molecule has 0 bridgehead atoms. The van der Waals surface area contributed by atoms with E-state index < -0.39 is 48.5 Å². The highest BCUT2D eigenvalue weighted by molar-refractivity contribution is 5.88. The van der Waals surface area contributed by atoms with Crippen LogP contribution in [0.15, 0.2) is 60.3 Å². The zero-order valence-electron chi connectivity index (χ0n) is 27.9. The Balaban J connectivity index is 2.95. The van der Waals surface area contributed by atoms with Crippen LogP contribution in [0.4, 0.5) is 4.79 Å². The zero-order valence-corrected chi connectivity index (χ0v) is 27.9. The van der Waals surface area contributed by atoms with Crippen LogP contribution in [-0.4, -0.2) is 58.8 Å². The second kappa shape index (κ2) is 18.6. The van der Waals surface area contributed by atoms with E-state index in [2.05, 4.69) is 6.58 Å². The van der Waals surface area contributed by atoms with E-state index >= 15 is 0 Å². The van der Waals surface area contributed by atoms with E-state index in [0.717, 1.165) is 5.57 Å². The van der Waals surface area contributed by atoms with Crippen molar-refractivity contribution in [2.75, 3.05) is 0 Å². The summed E-state index contributed by atoms with van der Waals surface area (Å²) in [5.74, 6) is -1.91. The monoisotopic (exact) mass is 617 g/mol. The molecule has 0 saturated heterocycles. The molecule has 248 valence electrons. The van der Waals surface area contributed by atoms with Crippen molar-refractivity contribution in [2.24, 2.45) is 41.2 Å². The minimum absolute atomic E-state index is 0.00179. The maximum atomic E-state index is 12.0. The van der Waals surface area contributed by atoms with Crippen molar-refractivity contribution in [3.8, 4) is 0 Å². The predicted molar refractivity (Wildman–Crippen MR) is 172 cm³/mol. The fraction of sp³-hybridized carbons (Fsp3) is 0.629. The highest BCUT2D eigenvalue weighted by Crippen LogP contribution is 2.30. The lowest BCUT2D eigenvalue weighted by molar-refractivity contribution is -0.150. The van der Waals surface area contributed by atoms with Crippen LogP contribution >= 0.6 is 0 Å². The second-order valence-electron chi connectivity index (χ2n) is 12.6. The van der Waals surface area contributed by atoms with Crippen LogP contribution < -0.4 is 5.73 Å². The molecule has 0 spiro atoms. The average Bonchev–Trinajstić information content (AvgIpc) is 2.93. The van der Waals surface area contributed by atoms with Crippen molar-refractivity contribution in [1.29, 1.82) is 0 Å². The van der Waals surface area contributed by atoms with Gasteiger partial charge in [-0.3, -0.25) is 4.79 Å². The van der Waals surface area contributed by atoms with Crippen molar-refractivity contribution >= 4 is 18.0 Å². The number of hydrogen-bond acceptors (Lipinski definition) is 8. The third-order valence-corrected chi connectivity index (χ3v) is 8.28. The molecule has 1 heterocycles. The maximum absolute atomic E-state index is 12.0. The number of primary amides is 1. The number of aliphatic hydroxyl groups excluding tert-OH is 2. The number of allylic oxidation sites excluding steroid dienone is 3. The number of esters is 2. The molecule has 1 aliphatic heterocycles. The molecular weight excluding hydrogens is 562 g/mol. The molecule has 0 radical (unpaired) electrons. The van der Waals surface area contributed by atoms with Crippen molar-refractivity contribution in [3.63, 3.8) is 0 Å². The van der Waals surface area contributed by atoms with Crippen LogP contribution in [0.25, 0.3) is 0 Å². The number of hydrogen-bond donors (Lipinski definition) is 3. The summed E-state index contributed by atoms with van der Waals surface area (Å²) >= 11 is 0. The van der Waals surface area contributed by atoms with Crippen molar-refractivity contribution in [3.05, 3.63) is 60.3 Å². The Hall–Kier alpha value is -3.17. The molecule has 9 nitrogen and oxygen atoms in total. The second-order valence-corrected chi connectivity index (χ2v) is 12.6. The molecule has 9 heteroatoms. The molecule has 0 aliphatic carbocycles. The van der Waals surface area contributed by atoms with Gasteiger partial charge in [-0.1, -0.05) is 96.2 Å². The smallest absolute Gasteiger partial charge is 0.404 e. The lowest BCUT2D eigenvalue weighted by atomic mass is 9.81. The minimum Gasteiger partial charge on any atom is -0.461 e. The fourth-order valence-electron chi connectivity index (χ4n) is 5.93. The normalized spacial score (nSPS) is 23.8. The number of amides is 1.